The van der Waals surface area contributed by atoms with Crippen LogP contribution in [0, 0.1) is 5.92 Å². The van der Waals surface area contributed by atoms with Crippen LogP contribution in [0.2, 0.25) is 0 Å². The Kier molecular flexibility index (Phi) is 6.54. The molecule has 0 atom stereocenters. The number of nitrogens with zero attached hydrogens (tertiary/aromatic N) is 1. The molecule has 0 radical (unpaired) electrons. The molecule has 0 aliphatic heterocycles. The maximum Gasteiger partial charge on any atom is 0.234 e. The van der Waals surface area contributed by atoms with Crippen molar-refractivity contribution in [2.45, 2.75) is 13.8 Å². The van der Waals surface area contributed by atoms with E-state index in [1.807, 2.05) is 7.05 Å². The first-order chi connectivity index (χ1) is 6.06. The van der Waals surface area contributed by atoms with Crippen LogP contribution in [0.4, 0.5) is 0 Å². The number of nitrogens with one attached hydrogen (secondary N) is 1. The fourth-order valence-corrected chi connectivity index (χ4v) is 0.869. The Bertz CT molecular complexity index is 149. The summed E-state index contributed by atoms with van der Waals surface area (Å²) in [6, 6.07) is 0. The van der Waals surface area contributed by atoms with Gasteiger partial charge in [-0.15, -0.1) is 0 Å². The predicted octanol–water partition coefficient (Wildman–Crippen LogP) is -0.317. The van der Waals surface area contributed by atoms with E-state index >= 15 is 0 Å². The van der Waals surface area contributed by atoms with Crippen molar-refractivity contribution in [2.24, 2.45) is 5.92 Å². The smallest absolute Gasteiger partial charge is 0.234 e. The maximum atomic E-state index is 11.2. The number of aliphatic hydroxyl groups excluding tert-OH is 1. The third kappa shape index (κ3) is 7.74. The highest BCUT2D eigenvalue weighted by molar-refractivity contribution is 5.77. The van der Waals surface area contributed by atoms with Gasteiger partial charge >= 0.3 is 0 Å². The molecule has 78 valence electrons. The van der Waals surface area contributed by atoms with Gasteiger partial charge in [-0.3, -0.25) is 9.69 Å². The number of carbonyl (C=O) groups excluding carboxylic acids is 1. The van der Waals surface area contributed by atoms with E-state index < -0.39 is 0 Å². The number of rotatable bonds is 6. The third-order valence-corrected chi connectivity index (χ3v) is 1.60. The standard InChI is InChI=1S/C9H20N2O2/c1-8(2)6-10-9(13)7-11(3)4-5-12/h8,12H,4-7H2,1-3H3,(H,10,13). The second kappa shape index (κ2) is 6.86. The normalized spacial score (nSPS) is 10.9. The molecule has 0 fully saturated rings. The van der Waals surface area contributed by atoms with Gasteiger partial charge in [0.15, 0.2) is 0 Å². The molecule has 0 saturated heterocycles. The summed E-state index contributed by atoms with van der Waals surface area (Å²) >= 11 is 0. The van der Waals surface area contributed by atoms with Crippen molar-refractivity contribution < 1.29 is 9.90 Å². The molecule has 0 aliphatic rings. The summed E-state index contributed by atoms with van der Waals surface area (Å²) in [4.78, 5) is 13.0. The van der Waals surface area contributed by atoms with Gasteiger partial charge in [0.2, 0.25) is 5.91 Å². The molecule has 0 unspecified atom stereocenters. The molecular formula is C9H20N2O2. The Balaban J connectivity index is 3.50. The zero-order chi connectivity index (χ0) is 10.3. The van der Waals surface area contributed by atoms with E-state index in [4.69, 9.17) is 5.11 Å². The number of likely N-dealkylation sites (N-methyl/N-ethyl adjacent to an activating group) is 1. The van der Waals surface area contributed by atoms with Gasteiger partial charge in [0.25, 0.3) is 0 Å². The second-order valence-electron chi connectivity index (χ2n) is 3.66. The van der Waals surface area contributed by atoms with Gasteiger partial charge in [-0.1, -0.05) is 13.8 Å². The lowest BCUT2D eigenvalue weighted by atomic mass is 10.2. The van der Waals surface area contributed by atoms with Crippen LogP contribution >= 0.6 is 0 Å². The summed E-state index contributed by atoms with van der Waals surface area (Å²) in [6.45, 7) is 5.80. The largest absolute Gasteiger partial charge is 0.395 e. The van der Waals surface area contributed by atoms with Crippen LogP contribution in [-0.4, -0.2) is 49.2 Å². The Morgan fingerprint density at radius 1 is 1.54 bits per heavy atom. The SMILES string of the molecule is CC(C)CNC(=O)CN(C)CCO. The number of carbonyl (C=O) groups is 1. The Morgan fingerprint density at radius 2 is 2.15 bits per heavy atom. The van der Waals surface area contributed by atoms with Crippen molar-refractivity contribution in [3.63, 3.8) is 0 Å². The van der Waals surface area contributed by atoms with Crippen LogP contribution < -0.4 is 5.32 Å². The quantitative estimate of drug-likeness (QED) is 0.601. The summed E-state index contributed by atoms with van der Waals surface area (Å²) in [5.74, 6) is 0.497. The van der Waals surface area contributed by atoms with E-state index in [1.165, 1.54) is 0 Å². The monoisotopic (exact) mass is 188 g/mol. The molecule has 0 spiro atoms. The molecule has 0 aromatic carbocycles. The molecule has 0 aliphatic carbocycles. The van der Waals surface area contributed by atoms with Crippen LogP contribution in [-0.2, 0) is 4.79 Å². The highest BCUT2D eigenvalue weighted by Crippen LogP contribution is 1.87. The third-order valence-electron chi connectivity index (χ3n) is 1.60. The molecule has 1 amide bonds. The molecule has 0 bridgehead atoms. The van der Waals surface area contributed by atoms with Crippen LogP contribution in [0.15, 0.2) is 0 Å². The molecule has 0 aromatic heterocycles. The van der Waals surface area contributed by atoms with E-state index in [-0.39, 0.29) is 12.5 Å². The lowest BCUT2D eigenvalue weighted by Gasteiger charge is -2.15. The summed E-state index contributed by atoms with van der Waals surface area (Å²) in [5, 5.41) is 11.4. The Labute approximate surface area is 79.9 Å². The van der Waals surface area contributed by atoms with Gasteiger partial charge in [0.1, 0.15) is 0 Å². The molecule has 0 aromatic rings. The number of aliphatic hydroxyl groups is 1. The van der Waals surface area contributed by atoms with Gasteiger partial charge in [-0.2, -0.15) is 0 Å². The first-order valence-electron chi connectivity index (χ1n) is 4.62. The number of hydrogen-bond acceptors (Lipinski definition) is 3. The van der Waals surface area contributed by atoms with Crippen molar-refractivity contribution in [3.8, 4) is 0 Å². The maximum absolute atomic E-state index is 11.2. The second-order valence-corrected chi connectivity index (χ2v) is 3.66. The first kappa shape index (κ1) is 12.4. The first-order valence-corrected chi connectivity index (χ1v) is 4.62. The zero-order valence-corrected chi connectivity index (χ0v) is 8.71. The molecular weight excluding hydrogens is 168 g/mol. The van der Waals surface area contributed by atoms with Crippen LogP contribution in [0.3, 0.4) is 0 Å². The molecule has 0 heterocycles. The van der Waals surface area contributed by atoms with Gasteiger partial charge in [-0.05, 0) is 13.0 Å². The van der Waals surface area contributed by atoms with E-state index in [2.05, 4.69) is 19.2 Å². The van der Waals surface area contributed by atoms with E-state index in [1.54, 1.807) is 4.90 Å². The van der Waals surface area contributed by atoms with E-state index in [0.717, 1.165) is 0 Å². The minimum absolute atomic E-state index is 0.0182. The van der Waals surface area contributed by atoms with Crippen molar-refractivity contribution in [1.29, 1.82) is 0 Å². The van der Waals surface area contributed by atoms with E-state index in [0.29, 0.717) is 25.6 Å². The highest BCUT2D eigenvalue weighted by Gasteiger charge is 2.05. The molecule has 13 heavy (non-hydrogen) atoms. The number of amides is 1. The summed E-state index contributed by atoms with van der Waals surface area (Å²) in [7, 11) is 1.81. The lowest BCUT2D eigenvalue weighted by molar-refractivity contribution is -0.122. The van der Waals surface area contributed by atoms with Crippen molar-refractivity contribution in [1.82, 2.24) is 10.2 Å². The topological polar surface area (TPSA) is 52.6 Å². The predicted molar refractivity (Wildman–Crippen MR) is 52.4 cm³/mol. The number of hydrogen-bond donors (Lipinski definition) is 2. The lowest BCUT2D eigenvalue weighted by Crippen LogP contribution is -2.37. The van der Waals surface area contributed by atoms with Gasteiger partial charge in [-0.25, -0.2) is 0 Å². The minimum Gasteiger partial charge on any atom is -0.395 e. The summed E-state index contributed by atoms with van der Waals surface area (Å²) in [5.41, 5.74) is 0. The van der Waals surface area contributed by atoms with Crippen molar-refractivity contribution in [2.75, 3.05) is 33.3 Å². The van der Waals surface area contributed by atoms with Gasteiger partial charge in [0, 0.05) is 13.1 Å². The highest BCUT2D eigenvalue weighted by atomic mass is 16.3. The minimum atomic E-state index is 0.0182. The van der Waals surface area contributed by atoms with Crippen molar-refractivity contribution in [3.05, 3.63) is 0 Å². The summed E-state index contributed by atoms with van der Waals surface area (Å²) < 4.78 is 0. The van der Waals surface area contributed by atoms with Crippen LogP contribution in [0.25, 0.3) is 0 Å². The molecule has 4 heteroatoms. The molecule has 4 nitrogen and oxygen atoms in total. The molecule has 2 N–H and O–H groups in total. The average Bonchev–Trinajstić information content (AvgIpc) is 2.01. The molecule has 0 saturated carbocycles. The van der Waals surface area contributed by atoms with Gasteiger partial charge < -0.3 is 10.4 Å². The van der Waals surface area contributed by atoms with Gasteiger partial charge in [0.05, 0.1) is 13.2 Å². The van der Waals surface area contributed by atoms with Crippen LogP contribution in [0.1, 0.15) is 13.8 Å². The zero-order valence-electron chi connectivity index (χ0n) is 8.71. The average molecular weight is 188 g/mol. The van der Waals surface area contributed by atoms with Crippen molar-refractivity contribution >= 4 is 5.91 Å². The Morgan fingerprint density at radius 3 is 2.62 bits per heavy atom. The van der Waals surface area contributed by atoms with E-state index in [9.17, 15) is 4.79 Å². The Hall–Kier alpha value is -0.610. The fraction of sp³-hybridized carbons (Fsp3) is 0.889. The summed E-state index contributed by atoms with van der Waals surface area (Å²) in [6.07, 6.45) is 0. The molecule has 0 rings (SSSR count). The van der Waals surface area contributed by atoms with Crippen LogP contribution in [0.5, 0.6) is 0 Å². The fourth-order valence-electron chi connectivity index (χ4n) is 0.869.